The molecule has 18 heavy (non-hydrogen) atoms. The largest absolute Gasteiger partial charge is 0.323 e. The Balaban J connectivity index is 1.93. The molecule has 1 atom stereocenters. The SMILES string of the molecule is CN[C@@H]1CCCN(C(=O)Nc2ccc(F)cc2)C1. The topological polar surface area (TPSA) is 44.4 Å². The molecule has 1 aromatic rings. The molecule has 0 bridgehead atoms. The summed E-state index contributed by atoms with van der Waals surface area (Å²) in [7, 11) is 1.91. The predicted octanol–water partition coefficient (Wildman–Crippen LogP) is 2.04. The van der Waals surface area contributed by atoms with E-state index in [9.17, 15) is 9.18 Å². The van der Waals surface area contributed by atoms with Gasteiger partial charge in [0.1, 0.15) is 5.82 Å². The average Bonchev–Trinajstić information content (AvgIpc) is 2.41. The van der Waals surface area contributed by atoms with E-state index in [1.54, 1.807) is 17.0 Å². The van der Waals surface area contributed by atoms with E-state index >= 15 is 0 Å². The van der Waals surface area contributed by atoms with Crippen LogP contribution in [0.2, 0.25) is 0 Å². The molecule has 4 nitrogen and oxygen atoms in total. The van der Waals surface area contributed by atoms with Crippen molar-refractivity contribution in [2.24, 2.45) is 0 Å². The number of nitrogens with one attached hydrogen (secondary N) is 2. The number of likely N-dealkylation sites (tertiary alicyclic amines) is 1. The van der Waals surface area contributed by atoms with Crippen molar-refractivity contribution in [2.75, 3.05) is 25.5 Å². The lowest BCUT2D eigenvalue weighted by Crippen LogP contribution is -2.48. The van der Waals surface area contributed by atoms with Crippen LogP contribution in [0.15, 0.2) is 24.3 Å². The molecule has 0 spiro atoms. The molecule has 1 heterocycles. The summed E-state index contributed by atoms with van der Waals surface area (Å²) < 4.78 is 12.7. The van der Waals surface area contributed by atoms with Crippen molar-refractivity contribution in [3.05, 3.63) is 30.1 Å². The third-order valence-corrected chi connectivity index (χ3v) is 3.21. The van der Waals surface area contributed by atoms with Gasteiger partial charge in [-0.15, -0.1) is 0 Å². The number of nitrogens with zero attached hydrogens (tertiary/aromatic N) is 1. The molecule has 0 aromatic heterocycles. The normalized spacial score (nSPS) is 19.7. The van der Waals surface area contributed by atoms with E-state index < -0.39 is 0 Å². The Labute approximate surface area is 106 Å². The minimum absolute atomic E-state index is 0.124. The number of amides is 2. The highest BCUT2D eigenvalue weighted by molar-refractivity contribution is 5.89. The van der Waals surface area contributed by atoms with Crippen LogP contribution in [0.1, 0.15) is 12.8 Å². The van der Waals surface area contributed by atoms with Gasteiger partial charge in [0.2, 0.25) is 0 Å². The van der Waals surface area contributed by atoms with Crippen molar-refractivity contribution >= 4 is 11.7 Å². The summed E-state index contributed by atoms with van der Waals surface area (Å²) in [6.45, 7) is 1.48. The summed E-state index contributed by atoms with van der Waals surface area (Å²) in [5.74, 6) is -0.304. The minimum Gasteiger partial charge on any atom is -0.323 e. The van der Waals surface area contributed by atoms with E-state index in [1.807, 2.05) is 7.05 Å². The number of rotatable bonds is 2. The highest BCUT2D eigenvalue weighted by atomic mass is 19.1. The van der Waals surface area contributed by atoms with Gasteiger partial charge in [-0.05, 0) is 44.2 Å². The quantitative estimate of drug-likeness (QED) is 0.845. The molecule has 1 aliphatic heterocycles. The predicted molar refractivity (Wildman–Crippen MR) is 69.1 cm³/mol. The fraction of sp³-hybridized carbons (Fsp3) is 0.462. The van der Waals surface area contributed by atoms with E-state index in [0.717, 1.165) is 19.4 Å². The number of piperidine rings is 1. The van der Waals surface area contributed by atoms with Crippen LogP contribution >= 0.6 is 0 Å². The maximum absolute atomic E-state index is 12.7. The standard InChI is InChI=1S/C13H18FN3O/c1-15-12-3-2-8-17(9-12)13(18)16-11-6-4-10(14)5-7-11/h4-7,12,15H,2-3,8-9H2,1H3,(H,16,18)/t12-/m1/s1. The smallest absolute Gasteiger partial charge is 0.321 e. The molecule has 0 saturated carbocycles. The van der Waals surface area contributed by atoms with Crippen molar-refractivity contribution in [3.63, 3.8) is 0 Å². The third kappa shape index (κ3) is 3.20. The number of carbonyl (C=O) groups is 1. The van der Waals surface area contributed by atoms with Crippen LogP contribution in [-0.2, 0) is 0 Å². The molecule has 2 amide bonds. The second kappa shape index (κ2) is 5.82. The summed E-state index contributed by atoms with van der Waals surface area (Å²) in [6.07, 6.45) is 2.10. The van der Waals surface area contributed by atoms with Gasteiger partial charge < -0.3 is 15.5 Å². The van der Waals surface area contributed by atoms with E-state index in [4.69, 9.17) is 0 Å². The Morgan fingerprint density at radius 2 is 2.11 bits per heavy atom. The zero-order valence-corrected chi connectivity index (χ0v) is 10.4. The Morgan fingerprint density at radius 1 is 1.39 bits per heavy atom. The van der Waals surface area contributed by atoms with Crippen LogP contribution in [0, 0.1) is 5.82 Å². The van der Waals surface area contributed by atoms with Crippen LogP contribution in [-0.4, -0.2) is 37.1 Å². The first-order valence-electron chi connectivity index (χ1n) is 6.18. The average molecular weight is 251 g/mol. The van der Waals surface area contributed by atoms with Crippen molar-refractivity contribution in [1.82, 2.24) is 10.2 Å². The summed E-state index contributed by atoms with van der Waals surface area (Å²) in [6, 6.07) is 6.03. The molecule has 2 N–H and O–H groups in total. The maximum atomic E-state index is 12.7. The van der Waals surface area contributed by atoms with Gasteiger partial charge in [0, 0.05) is 24.8 Å². The molecule has 0 unspecified atom stereocenters. The Bertz CT molecular complexity index is 407. The molecule has 5 heteroatoms. The lowest BCUT2D eigenvalue weighted by molar-refractivity contribution is 0.187. The van der Waals surface area contributed by atoms with Gasteiger partial charge in [0.05, 0.1) is 0 Å². The third-order valence-electron chi connectivity index (χ3n) is 3.21. The summed E-state index contributed by atoms with van der Waals surface area (Å²) in [5.41, 5.74) is 0.619. The monoisotopic (exact) mass is 251 g/mol. The number of hydrogen-bond acceptors (Lipinski definition) is 2. The zero-order valence-electron chi connectivity index (χ0n) is 10.4. The van der Waals surface area contributed by atoms with Gasteiger partial charge in [0.15, 0.2) is 0 Å². The Kier molecular flexibility index (Phi) is 4.15. The van der Waals surface area contributed by atoms with Crippen molar-refractivity contribution in [3.8, 4) is 0 Å². The lowest BCUT2D eigenvalue weighted by Gasteiger charge is -2.32. The van der Waals surface area contributed by atoms with E-state index in [2.05, 4.69) is 10.6 Å². The fourth-order valence-corrected chi connectivity index (χ4v) is 2.13. The van der Waals surface area contributed by atoms with Gasteiger partial charge in [0.25, 0.3) is 0 Å². The molecule has 1 fully saturated rings. The van der Waals surface area contributed by atoms with Gasteiger partial charge in [-0.2, -0.15) is 0 Å². The van der Waals surface area contributed by atoms with E-state index in [0.29, 0.717) is 18.3 Å². The van der Waals surface area contributed by atoms with E-state index in [1.165, 1.54) is 12.1 Å². The molecule has 1 saturated heterocycles. The molecular formula is C13H18FN3O. The molecule has 1 aromatic carbocycles. The zero-order chi connectivity index (χ0) is 13.0. The molecule has 0 aliphatic carbocycles. The number of benzene rings is 1. The van der Waals surface area contributed by atoms with Crippen molar-refractivity contribution in [1.29, 1.82) is 0 Å². The first-order chi connectivity index (χ1) is 8.69. The van der Waals surface area contributed by atoms with Crippen LogP contribution in [0.25, 0.3) is 0 Å². The number of anilines is 1. The first kappa shape index (κ1) is 12.8. The van der Waals surface area contributed by atoms with Crippen LogP contribution in [0.4, 0.5) is 14.9 Å². The number of urea groups is 1. The molecule has 2 rings (SSSR count). The van der Waals surface area contributed by atoms with Crippen LogP contribution in [0.3, 0.4) is 0 Å². The van der Waals surface area contributed by atoms with Crippen LogP contribution in [0.5, 0.6) is 0 Å². The Hall–Kier alpha value is -1.62. The molecular weight excluding hydrogens is 233 g/mol. The summed E-state index contributed by atoms with van der Waals surface area (Å²) in [5, 5.41) is 5.96. The van der Waals surface area contributed by atoms with Crippen LogP contribution < -0.4 is 10.6 Å². The summed E-state index contributed by atoms with van der Waals surface area (Å²) >= 11 is 0. The second-order valence-corrected chi connectivity index (χ2v) is 4.51. The number of halogens is 1. The molecule has 98 valence electrons. The fourth-order valence-electron chi connectivity index (χ4n) is 2.13. The number of hydrogen-bond donors (Lipinski definition) is 2. The second-order valence-electron chi connectivity index (χ2n) is 4.51. The highest BCUT2D eigenvalue weighted by Gasteiger charge is 2.22. The van der Waals surface area contributed by atoms with Gasteiger partial charge >= 0.3 is 6.03 Å². The van der Waals surface area contributed by atoms with Gasteiger partial charge in [-0.25, -0.2) is 9.18 Å². The van der Waals surface area contributed by atoms with Crippen molar-refractivity contribution in [2.45, 2.75) is 18.9 Å². The van der Waals surface area contributed by atoms with Crippen molar-refractivity contribution < 1.29 is 9.18 Å². The Morgan fingerprint density at radius 3 is 2.78 bits per heavy atom. The first-order valence-corrected chi connectivity index (χ1v) is 6.18. The van der Waals surface area contributed by atoms with Gasteiger partial charge in [-0.1, -0.05) is 0 Å². The minimum atomic E-state index is -0.304. The molecule has 0 radical (unpaired) electrons. The van der Waals surface area contributed by atoms with Gasteiger partial charge in [-0.3, -0.25) is 0 Å². The lowest BCUT2D eigenvalue weighted by atomic mass is 10.1. The maximum Gasteiger partial charge on any atom is 0.321 e. The molecule has 1 aliphatic rings. The highest BCUT2D eigenvalue weighted by Crippen LogP contribution is 2.13. The van der Waals surface area contributed by atoms with E-state index in [-0.39, 0.29) is 11.8 Å². The summed E-state index contributed by atoms with van der Waals surface area (Å²) in [4.78, 5) is 13.8. The number of carbonyl (C=O) groups excluding carboxylic acids is 1. The number of likely N-dealkylation sites (N-methyl/N-ethyl adjacent to an activating group) is 1.